The fraction of sp³-hybridized carbons (Fsp3) is 0.364. The average molecular weight is 383 g/mol. The number of hydrogen-bond acceptors (Lipinski definition) is 3. The number of rotatable bonds is 7. The van der Waals surface area contributed by atoms with Crippen molar-refractivity contribution in [2.75, 3.05) is 10.6 Å². The minimum Gasteiger partial charge on any atom is -0.508 e. The highest BCUT2D eigenvalue weighted by Crippen LogP contribution is 2.21. The molecule has 0 aliphatic carbocycles. The molecule has 2 rings (SSSR count). The molecule has 0 saturated carbocycles. The van der Waals surface area contributed by atoms with Gasteiger partial charge in [0.2, 0.25) is 5.91 Å². The van der Waals surface area contributed by atoms with Gasteiger partial charge in [0.05, 0.1) is 0 Å². The Morgan fingerprint density at radius 1 is 1.00 bits per heavy atom. The zero-order chi connectivity index (χ0) is 20.7. The minimum atomic E-state index is -0.284. The third kappa shape index (κ3) is 6.61. The van der Waals surface area contributed by atoms with Crippen LogP contribution in [0.3, 0.4) is 0 Å². The number of carbonyl (C=O) groups excluding carboxylic acids is 2. The third-order valence-electron chi connectivity index (χ3n) is 4.46. The zero-order valence-corrected chi connectivity index (χ0v) is 16.9. The van der Waals surface area contributed by atoms with Crippen LogP contribution in [0.15, 0.2) is 42.5 Å². The van der Waals surface area contributed by atoms with E-state index in [9.17, 15) is 14.7 Å². The van der Waals surface area contributed by atoms with Gasteiger partial charge >= 0.3 is 6.03 Å². The molecule has 28 heavy (non-hydrogen) atoms. The molecule has 6 heteroatoms. The lowest BCUT2D eigenvalue weighted by atomic mass is 10.1. The fourth-order valence-electron chi connectivity index (χ4n) is 2.62. The Balaban J connectivity index is 1.89. The van der Waals surface area contributed by atoms with Crippen molar-refractivity contribution in [2.45, 2.75) is 46.6 Å². The number of phenols is 1. The molecular weight excluding hydrogens is 354 g/mol. The molecule has 0 fully saturated rings. The van der Waals surface area contributed by atoms with Gasteiger partial charge < -0.3 is 21.1 Å². The topological polar surface area (TPSA) is 90.5 Å². The maximum atomic E-state index is 12.3. The first kappa shape index (κ1) is 21.3. The Morgan fingerprint density at radius 3 is 2.32 bits per heavy atom. The summed E-state index contributed by atoms with van der Waals surface area (Å²) < 4.78 is 0. The van der Waals surface area contributed by atoms with Crippen molar-refractivity contribution < 1.29 is 14.7 Å². The lowest BCUT2D eigenvalue weighted by Crippen LogP contribution is -2.36. The molecule has 0 aliphatic heterocycles. The van der Waals surface area contributed by atoms with Gasteiger partial charge in [-0.2, -0.15) is 0 Å². The van der Waals surface area contributed by atoms with Crippen LogP contribution >= 0.6 is 0 Å². The van der Waals surface area contributed by atoms with E-state index in [1.807, 2.05) is 52.0 Å². The van der Waals surface area contributed by atoms with Crippen molar-refractivity contribution in [1.82, 2.24) is 5.32 Å². The monoisotopic (exact) mass is 383 g/mol. The first-order valence-corrected chi connectivity index (χ1v) is 9.51. The highest BCUT2D eigenvalue weighted by atomic mass is 16.3. The van der Waals surface area contributed by atoms with Crippen LogP contribution in [0.25, 0.3) is 0 Å². The molecule has 6 nitrogen and oxygen atoms in total. The highest BCUT2D eigenvalue weighted by molar-refractivity contribution is 5.94. The van der Waals surface area contributed by atoms with Gasteiger partial charge in [0.1, 0.15) is 5.75 Å². The molecule has 0 radical (unpaired) electrons. The number of aromatic hydroxyl groups is 1. The number of nitrogens with one attached hydrogen (secondary N) is 3. The molecule has 0 saturated heterocycles. The lowest BCUT2D eigenvalue weighted by Gasteiger charge is -2.16. The largest absolute Gasteiger partial charge is 0.508 e. The van der Waals surface area contributed by atoms with Gasteiger partial charge in [-0.05, 0) is 62.1 Å². The summed E-state index contributed by atoms with van der Waals surface area (Å²) in [7, 11) is 0. The van der Waals surface area contributed by atoms with Crippen molar-refractivity contribution in [3.63, 3.8) is 0 Å². The predicted molar refractivity (Wildman–Crippen MR) is 113 cm³/mol. The van der Waals surface area contributed by atoms with E-state index in [2.05, 4.69) is 16.0 Å². The number of urea groups is 1. The molecule has 2 aromatic carbocycles. The summed E-state index contributed by atoms with van der Waals surface area (Å²) in [5.41, 5.74) is 3.33. The number of phenolic OH excluding ortho intramolecular Hbond substituents is 1. The second-order valence-electron chi connectivity index (χ2n) is 7.38. The van der Waals surface area contributed by atoms with E-state index in [4.69, 9.17) is 0 Å². The second-order valence-corrected chi connectivity index (χ2v) is 7.38. The van der Waals surface area contributed by atoms with Gasteiger partial charge in [0.25, 0.3) is 0 Å². The van der Waals surface area contributed by atoms with Gasteiger partial charge in [-0.3, -0.25) is 4.79 Å². The highest BCUT2D eigenvalue weighted by Gasteiger charge is 2.11. The maximum absolute atomic E-state index is 12.3. The van der Waals surface area contributed by atoms with Crippen molar-refractivity contribution in [1.29, 1.82) is 0 Å². The summed E-state index contributed by atoms with van der Waals surface area (Å²) in [4.78, 5) is 24.2. The Labute approximate surface area is 166 Å². The van der Waals surface area contributed by atoms with Gasteiger partial charge in [0.15, 0.2) is 0 Å². The van der Waals surface area contributed by atoms with Crippen LogP contribution in [0.2, 0.25) is 0 Å². The number of carbonyl (C=O) groups is 2. The van der Waals surface area contributed by atoms with Crippen molar-refractivity contribution >= 4 is 23.3 Å². The first-order valence-electron chi connectivity index (χ1n) is 9.51. The normalized spacial score (nSPS) is 11.8. The van der Waals surface area contributed by atoms with Gasteiger partial charge in [0, 0.05) is 23.3 Å². The van der Waals surface area contributed by atoms with Crippen molar-refractivity contribution in [3.05, 3.63) is 53.6 Å². The number of benzene rings is 2. The van der Waals surface area contributed by atoms with E-state index in [-0.39, 0.29) is 29.6 Å². The number of aryl methyl sites for hydroxylation is 2. The van der Waals surface area contributed by atoms with E-state index >= 15 is 0 Å². The molecule has 2 aromatic rings. The number of amides is 3. The van der Waals surface area contributed by atoms with Gasteiger partial charge in [-0.25, -0.2) is 4.79 Å². The van der Waals surface area contributed by atoms with E-state index in [0.29, 0.717) is 11.4 Å². The first-order chi connectivity index (χ1) is 13.2. The number of hydrogen-bond donors (Lipinski definition) is 4. The molecule has 0 spiro atoms. The predicted octanol–water partition coefficient (Wildman–Crippen LogP) is 4.44. The van der Waals surface area contributed by atoms with Crippen LogP contribution < -0.4 is 16.0 Å². The molecule has 4 N–H and O–H groups in total. The second kappa shape index (κ2) is 9.78. The van der Waals surface area contributed by atoms with Crippen molar-refractivity contribution in [3.8, 4) is 5.75 Å². The molecule has 0 bridgehead atoms. The van der Waals surface area contributed by atoms with Crippen LogP contribution in [-0.2, 0) is 11.2 Å². The summed E-state index contributed by atoms with van der Waals surface area (Å²) in [6.45, 7) is 7.51. The van der Waals surface area contributed by atoms with E-state index < -0.39 is 0 Å². The van der Waals surface area contributed by atoms with Crippen LogP contribution in [-0.4, -0.2) is 23.1 Å². The quantitative estimate of drug-likeness (QED) is 0.570. The van der Waals surface area contributed by atoms with E-state index in [1.165, 1.54) is 0 Å². The third-order valence-corrected chi connectivity index (χ3v) is 4.46. The summed E-state index contributed by atoms with van der Waals surface area (Å²) in [5, 5.41) is 17.9. The van der Waals surface area contributed by atoms with Crippen molar-refractivity contribution in [2.24, 2.45) is 5.92 Å². The van der Waals surface area contributed by atoms with Gasteiger partial charge in [-0.1, -0.05) is 32.0 Å². The fourth-order valence-corrected chi connectivity index (χ4v) is 2.62. The number of anilines is 2. The molecular formula is C22H29N3O3. The molecule has 150 valence electrons. The molecule has 1 atom stereocenters. The average Bonchev–Trinajstić information content (AvgIpc) is 2.63. The van der Waals surface area contributed by atoms with Crippen LogP contribution in [0.5, 0.6) is 5.75 Å². The smallest absolute Gasteiger partial charge is 0.319 e. The summed E-state index contributed by atoms with van der Waals surface area (Å²) in [6, 6.07) is 12.2. The Bertz CT molecular complexity index is 816. The summed E-state index contributed by atoms with van der Waals surface area (Å²) in [5.74, 6) is 0.0639. The minimum absolute atomic E-state index is 0.0158. The zero-order valence-electron chi connectivity index (χ0n) is 16.9. The Hall–Kier alpha value is -3.02. The summed E-state index contributed by atoms with van der Waals surface area (Å²) >= 11 is 0. The SMILES string of the molecule is Cc1ccc(NC(=O)C(C)C)cc1NC(=O)N[C@H](C)CCc1ccc(O)cc1. The van der Waals surface area contributed by atoms with Crippen LogP contribution in [0.4, 0.5) is 16.2 Å². The van der Waals surface area contributed by atoms with E-state index in [1.54, 1.807) is 18.2 Å². The summed E-state index contributed by atoms with van der Waals surface area (Å²) in [6.07, 6.45) is 1.58. The van der Waals surface area contributed by atoms with Crippen LogP contribution in [0, 0.1) is 12.8 Å². The molecule has 0 heterocycles. The molecule has 3 amide bonds. The maximum Gasteiger partial charge on any atom is 0.319 e. The van der Waals surface area contributed by atoms with E-state index in [0.717, 1.165) is 24.0 Å². The van der Waals surface area contributed by atoms with Gasteiger partial charge in [-0.15, -0.1) is 0 Å². The molecule has 0 aromatic heterocycles. The standard InChI is InChI=1S/C22H29N3O3/c1-14(2)21(27)24-18-10-5-15(3)20(13-18)25-22(28)23-16(4)6-7-17-8-11-19(26)12-9-17/h5,8-14,16,26H,6-7H2,1-4H3,(H,24,27)(H2,23,25,28)/t16-/m1/s1. The molecule has 0 aliphatic rings. The van der Waals surface area contributed by atoms with Crippen LogP contribution in [0.1, 0.15) is 38.3 Å². The Morgan fingerprint density at radius 2 is 1.68 bits per heavy atom. The molecule has 0 unspecified atom stereocenters. The lowest BCUT2D eigenvalue weighted by molar-refractivity contribution is -0.118. The Kier molecular flexibility index (Phi) is 7.44.